The van der Waals surface area contributed by atoms with E-state index in [0.717, 1.165) is 0 Å². The lowest BCUT2D eigenvalue weighted by Gasteiger charge is -2.36. The Balaban J connectivity index is 2.36. The summed E-state index contributed by atoms with van der Waals surface area (Å²) >= 11 is 3.35. The van der Waals surface area contributed by atoms with E-state index >= 15 is 0 Å². The summed E-state index contributed by atoms with van der Waals surface area (Å²) in [7, 11) is 0. The van der Waals surface area contributed by atoms with Crippen LogP contribution in [0.5, 0.6) is 0 Å². The van der Waals surface area contributed by atoms with Gasteiger partial charge < -0.3 is 10.8 Å². The van der Waals surface area contributed by atoms with Gasteiger partial charge in [-0.15, -0.1) is 0 Å². The van der Waals surface area contributed by atoms with Crippen LogP contribution in [-0.4, -0.2) is 11.2 Å². The summed E-state index contributed by atoms with van der Waals surface area (Å²) in [5, 5.41) is 9.47. The maximum atomic E-state index is 13.8. The van der Waals surface area contributed by atoms with E-state index in [1.54, 1.807) is 12.1 Å². The monoisotopic (exact) mass is 287 g/mol. The molecule has 1 aliphatic carbocycles. The molecule has 0 amide bonds. The molecule has 1 aromatic rings. The highest BCUT2D eigenvalue weighted by molar-refractivity contribution is 9.10. The minimum absolute atomic E-state index is 0.270. The van der Waals surface area contributed by atoms with E-state index < -0.39 is 5.54 Å². The highest BCUT2D eigenvalue weighted by Gasteiger charge is 2.36. The maximum Gasteiger partial charge on any atom is 0.129 e. The highest BCUT2D eigenvalue weighted by Crippen LogP contribution is 2.39. The van der Waals surface area contributed by atoms with Crippen LogP contribution in [0.15, 0.2) is 22.7 Å². The molecule has 0 bridgehead atoms. The van der Waals surface area contributed by atoms with Crippen LogP contribution < -0.4 is 5.73 Å². The molecule has 0 radical (unpaired) electrons. The average Bonchev–Trinajstić information content (AvgIpc) is 2.23. The SMILES string of the molecule is NC1(c2c(F)cccc2Br)CCC(O)CC1. The largest absolute Gasteiger partial charge is 0.393 e. The lowest BCUT2D eigenvalue weighted by Crippen LogP contribution is -2.42. The first-order valence-electron chi connectivity index (χ1n) is 5.44. The summed E-state index contributed by atoms with van der Waals surface area (Å²) in [6.45, 7) is 0. The topological polar surface area (TPSA) is 46.2 Å². The van der Waals surface area contributed by atoms with Crippen molar-refractivity contribution in [2.75, 3.05) is 0 Å². The Morgan fingerprint density at radius 3 is 2.56 bits per heavy atom. The molecule has 0 aromatic heterocycles. The van der Waals surface area contributed by atoms with Gasteiger partial charge in [0, 0.05) is 15.6 Å². The van der Waals surface area contributed by atoms with Gasteiger partial charge in [-0.1, -0.05) is 22.0 Å². The minimum Gasteiger partial charge on any atom is -0.393 e. The van der Waals surface area contributed by atoms with E-state index in [9.17, 15) is 9.50 Å². The van der Waals surface area contributed by atoms with Crippen LogP contribution in [0.25, 0.3) is 0 Å². The molecular formula is C12H15BrFNO. The molecule has 0 heterocycles. The third-order valence-electron chi connectivity index (χ3n) is 3.31. The van der Waals surface area contributed by atoms with Crippen molar-refractivity contribution in [3.63, 3.8) is 0 Å². The number of aliphatic hydroxyl groups excluding tert-OH is 1. The van der Waals surface area contributed by atoms with E-state index in [2.05, 4.69) is 15.9 Å². The number of hydrogen-bond donors (Lipinski definition) is 2. The van der Waals surface area contributed by atoms with Crippen LogP contribution in [0.1, 0.15) is 31.2 Å². The van der Waals surface area contributed by atoms with Gasteiger partial charge in [-0.25, -0.2) is 4.39 Å². The van der Waals surface area contributed by atoms with E-state index in [1.807, 2.05) is 0 Å². The zero-order valence-corrected chi connectivity index (χ0v) is 10.5. The molecule has 1 aliphatic rings. The van der Waals surface area contributed by atoms with Crippen LogP contribution in [0.3, 0.4) is 0 Å². The predicted molar refractivity (Wildman–Crippen MR) is 64.4 cm³/mol. The summed E-state index contributed by atoms with van der Waals surface area (Å²) < 4.78 is 14.5. The molecule has 0 saturated heterocycles. The fraction of sp³-hybridized carbons (Fsp3) is 0.500. The Hall–Kier alpha value is -0.450. The van der Waals surface area contributed by atoms with Gasteiger partial charge in [-0.2, -0.15) is 0 Å². The zero-order chi connectivity index (χ0) is 11.8. The molecular weight excluding hydrogens is 273 g/mol. The molecule has 2 nitrogen and oxygen atoms in total. The minimum atomic E-state index is -0.649. The lowest BCUT2D eigenvalue weighted by atomic mass is 9.76. The van der Waals surface area contributed by atoms with Gasteiger partial charge in [0.05, 0.1) is 6.10 Å². The van der Waals surface area contributed by atoms with Gasteiger partial charge in [-0.3, -0.25) is 0 Å². The lowest BCUT2D eigenvalue weighted by molar-refractivity contribution is 0.0955. The van der Waals surface area contributed by atoms with Crippen molar-refractivity contribution < 1.29 is 9.50 Å². The summed E-state index contributed by atoms with van der Waals surface area (Å²) in [6.07, 6.45) is 2.22. The Labute approximate surface area is 103 Å². The fourth-order valence-electron chi connectivity index (χ4n) is 2.34. The van der Waals surface area contributed by atoms with Gasteiger partial charge in [0.2, 0.25) is 0 Å². The third kappa shape index (κ3) is 2.14. The van der Waals surface area contributed by atoms with Gasteiger partial charge >= 0.3 is 0 Å². The molecule has 1 aromatic carbocycles. The van der Waals surface area contributed by atoms with Crippen molar-refractivity contribution in [1.82, 2.24) is 0 Å². The summed E-state index contributed by atoms with van der Waals surface area (Å²) in [6, 6.07) is 4.89. The van der Waals surface area contributed by atoms with Crippen LogP contribution >= 0.6 is 15.9 Å². The first-order valence-corrected chi connectivity index (χ1v) is 6.24. The van der Waals surface area contributed by atoms with Crippen molar-refractivity contribution in [1.29, 1.82) is 0 Å². The predicted octanol–water partition coefficient (Wildman–Crippen LogP) is 2.68. The molecule has 4 heteroatoms. The Morgan fingerprint density at radius 1 is 1.38 bits per heavy atom. The van der Waals surface area contributed by atoms with Gasteiger partial charge in [0.15, 0.2) is 0 Å². The van der Waals surface area contributed by atoms with Crippen LogP contribution in [0, 0.1) is 5.82 Å². The van der Waals surface area contributed by atoms with Gasteiger partial charge in [0.1, 0.15) is 5.82 Å². The van der Waals surface area contributed by atoms with Crippen molar-refractivity contribution in [2.24, 2.45) is 5.73 Å². The van der Waals surface area contributed by atoms with Crippen molar-refractivity contribution in [3.8, 4) is 0 Å². The molecule has 0 aliphatic heterocycles. The summed E-state index contributed by atoms with van der Waals surface area (Å²) in [5.74, 6) is -0.270. The number of hydrogen-bond acceptors (Lipinski definition) is 2. The van der Waals surface area contributed by atoms with Crippen LogP contribution in [-0.2, 0) is 5.54 Å². The second kappa shape index (κ2) is 4.43. The fourth-order valence-corrected chi connectivity index (χ4v) is 3.08. The molecule has 2 rings (SSSR count). The van der Waals surface area contributed by atoms with E-state index in [4.69, 9.17) is 5.73 Å². The first-order chi connectivity index (χ1) is 7.53. The molecule has 1 saturated carbocycles. The molecule has 0 atom stereocenters. The quantitative estimate of drug-likeness (QED) is 0.834. The highest BCUT2D eigenvalue weighted by atomic mass is 79.9. The average molecular weight is 288 g/mol. The number of nitrogens with two attached hydrogens (primary N) is 1. The Kier molecular flexibility index (Phi) is 3.33. The van der Waals surface area contributed by atoms with Crippen molar-refractivity contribution >= 4 is 15.9 Å². The number of benzene rings is 1. The Morgan fingerprint density at radius 2 is 2.00 bits per heavy atom. The second-order valence-corrected chi connectivity index (χ2v) is 5.34. The van der Waals surface area contributed by atoms with E-state index in [1.165, 1.54) is 6.07 Å². The number of rotatable bonds is 1. The van der Waals surface area contributed by atoms with Gasteiger partial charge in [-0.05, 0) is 37.8 Å². The molecule has 1 fully saturated rings. The smallest absolute Gasteiger partial charge is 0.129 e. The van der Waals surface area contributed by atoms with Crippen molar-refractivity contribution in [2.45, 2.75) is 37.3 Å². The third-order valence-corrected chi connectivity index (χ3v) is 3.97. The van der Waals surface area contributed by atoms with E-state index in [0.29, 0.717) is 35.7 Å². The van der Waals surface area contributed by atoms with Crippen LogP contribution in [0.2, 0.25) is 0 Å². The maximum absolute atomic E-state index is 13.8. The molecule has 88 valence electrons. The number of aliphatic hydroxyl groups is 1. The summed E-state index contributed by atoms with van der Waals surface area (Å²) in [5.41, 5.74) is 6.16. The second-order valence-electron chi connectivity index (χ2n) is 4.48. The zero-order valence-electron chi connectivity index (χ0n) is 8.92. The standard InChI is InChI=1S/C12H15BrFNO/c13-9-2-1-3-10(14)11(9)12(15)6-4-8(16)5-7-12/h1-3,8,16H,4-7,15H2. The van der Waals surface area contributed by atoms with Crippen molar-refractivity contribution in [3.05, 3.63) is 34.1 Å². The molecule has 0 unspecified atom stereocenters. The number of halogens is 2. The summed E-state index contributed by atoms with van der Waals surface area (Å²) in [4.78, 5) is 0. The normalized spacial score (nSPS) is 30.4. The molecule has 16 heavy (non-hydrogen) atoms. The van der Waals surface area contributed by atoms with Crippen LogP contribution in [0.4, 0.5) is 4.39 Å². The molecule has 0 spiro atoms. The first kappa shape index (κ1) is 12.0. The molecule has 3 N–H and O–H groups in total. The Bertz CT molecular complexity index is 368. The van der Waals surface area contributed by atoms with Gasteiger partial charge in [0.25, 0.3) is 0 Å². The van der Waals surface area contributed by atoms with E-state index in [-0.39, 0.29) is 11.9 Å².